The fourth-order valence-electron chi connectivity index (χ4n) is 0.318. The van der Waals surface area contributed by atoms with Crippen molar-refractivity contribution >= 4 is 0 Å². The number of hydrogen-bond acceptors (Lipinski definition) is 0. The third-order valence-corrected chi connectivity index (χ3v) is 0.982. The Bertz CT molecular complexity index is 164. The quantitative estimate of drug-likeness (QED) is 0.419. The molecule has 0 fully saturated rings. The van der Waals surface area contributed by atoms with Crippen LogP contribution in [-0.2, 0) is 0 Å². The van der Waals surface area contributed by atoms with Crippen LogP contribution in [0.5, 0.6) is 0 Å². The molecule has 1 heteroatoms. The van der Waals surface area contributed by atoms with Crippen LogP contribution in [-0.4, -0.2) is 0 Å². The molecule has 0 N–H and O–H groups in total. The van der Waals surface area contributed by atoms with Crippen molar-refractivity contribution in [1.29, 1.82) is 0 Å². The first kappa shape index (κ1) is 12.6. The summed E-state index contributed by atoms with van der Waals surface area (Å²) < 4.78 is 11.9. The molecule has 11 heavy (non-hydrogen) atoms. The molecule has 0 atom stereocenters. The third kappa shape index (κ3) is 12.2. The zero-order valence-electron chi connectivity index (χ0n) is 7.23. The Hall–Kier alpha value is -1.11. The van der Waals surface area contributed by atoms with E-state index in [1.807, 2.05) is 19.9 Å². The average molecular weight is 154 g/mol. The van der Waals surface area contributed by atoms with Gasteiger partial charge in [-0.1, -0.05) is 24.3 Å². The number of rotatable bonds is 2. The maximum absolute atomic E-state index is 11.9. The lowest BCUT2D eigenvalue weighted by molar-refractivity contribution is 0.671. The summed E-state index contributed by atoms with van der Waals surface area (Å²) in [5.41, 5.74) is 1.04. The van der Waals surface area contributed by atoms with Crippen LogP contribution in [0.2, 0.25) is 0 Å². The van der Waals surface area contributed by atoms with Crippen molar-refractivity contribution in [3.63, 3.8) is 0 Å². The van der Waals surface area contributed by atoms with Gasteiger partial charge in [0, 0.05) is 0 Å². The Kier molecular flexibility index (Phi) is 10.1. The van der Waals surface area contributed by atoms with Gasteiger partial charge in [-0.25, -0.2) is 4.39 Å². The van der Waals surface area contributed by atoms with E-state index in [2.05, 4.69) is 19.7 Å². The van der Waals surface area contributed by atoms with Gasteiger partial charge in [-0.3, -0.25) is 0 Å². The number of halogens is 1. The molecule has 0 saturated carbocycles. The van der Waals surface area contributed by atoms with Crippen LogP contribution in [0.4, 0.5) is 4.39 Å². The van der Waals surface area contributed by atoms with Crippen LogP contribution >= 0.6 is 0 Å². The first-order valence-electron chi connectivity index (χ1n) is 3.32. The number of hydrogen-bond donors (Lipinski definition) is 0. The van der Waals surface area contributed by atoms with Gasteiger partial charge >= 0.3 is 0 Å². The summed E-state index contributed by atoms with van der Waals surface area (Å²) in [5.74, 6) is -0.406. The molecule has 0 aromatic carbocycles. The van der Waals surface area contributed by atoms with Crippen LogP contribution in [0.3, 0.4) is 0 Å². The molecule has 0 aromatic heterocycles. The van der Waals surface area contributed by atoms with E-state index in [1.165, 1.54) is 6.08 Å². The fraction of sp³-hybridized carbons (Fsp3) is 0.200. The van der Waals surface area contributed by atoms with Crippen molar-refractivity contribution in [2.45, 2.75) is 13.8 Å². The lowest BCUT2D eigenvalue weighted by Gasteiger charge is -1.84. The molecule has 0 aliphatic carbocycles. The monoisotopic (exact) mass is 154 g/mol. The summed E-state index contributed by atoms with van der Waals surface area (Å²) in [4.78, 5) is 0. The Morgan fingerprint density at radius 2 is 1.73 bits per heavy atom. The zero-order chi connectivity index (χ0) is 9.28. The highest BCUT2D eigenvalue weighted by Crippen LogP contribution is 1.98. The van der Waals surface area contributed by atoms with Crippen molar-refractivity contribution in [2.24, 2.45) is 0 Å². The highest BCUT2D eigenvalue weighted by molar-refractivity contribution is 5.20. The maximum Gasteiger partial charge on any atom is 0.116 e. The molecule has 0 spiro atoms. The van der Waals surface area contributed by atoms with E-state index in [4.69, 9.17) is 0 Å². The largest absolute Gasteiger partial charge is 0.208 e. The predicted octanol–water partition coefficient (Wildman–Crippen LogP) is 3.79. The minimum absolute atomic E-state index is 0.406. The van der Waals surface area contributed by atoms with Gasteiger partial charge in [0.05, 0.1) is 0 Å². The van der Waals surface area contributed by atoms with Crippen LogP contribution in [0.25, 0.3) is 0 Å². The molecule has 0 rings (SSSR count). The minimum Gasteiger partial charge on any atom is -0.208 e. The van der Waals surface area contributed by atoms with Crippen LogP contribution in [0.1, 0.15) is 13.8 Å². The second kappa shape index (κ2) is 8.89. The normalized spacial score (nSPS) is 10.6. The minimum atomic E-state index is -0.406. The van der Waals surface area contributed by atoms with E-state index in [-0.39, 0.29) is 0 Å². The highest BCUT2D eigenvalue weighted by Gasteiger charge is 1.78. The van der Waals surface area contributed by atoms with Gasteiger partial charge in [-0.2, -0.15) is 0 Å². The summed E-state index contributed by atoms with van der Waals surface area (Å²) >= 11 is 0. The van der Waals surface area contributed by atoms with Gasteiger partial charge in [0.15, 0.2) is 0 Å². The SMILES string of the molecule is C=C.C=C(F)/C=C\C(C)=C/C. The summed E-state index contributed by atoms with van der Waals surface area (Å²) in [6.07, 6.45) is 4.93. The van der Waals surface area contributed by atoms with Crippen LogP contribution < -0.4 is 0 Å². The van der Waals surface area contributed by atoms with Gasteiger partial charge < -0.3 is 0 Å². The Morgan fingerprint density at radius 3 is 2.00 bits per heavy atom. The molecule has 0 aliphatic rings. The lowest BCUT2D eigenvalue weighted by Crippen LogP contribution is -1.64. The van der Waals surface area contributed by atoms with Crippen LogP contribution in [0, 0.1) is 0 Å². The standard InChI is InChI=1S/C8H11F.C2H4/c1-4-7(2)5-6-8(3)9;1-2/h4-6H,3H2,1-2H3;1-2H2/b6-5-,7-4-;. The van der Waals surface area contributed by atoms with Crippen molar-refractivity contribution in [3.05, 3.63) is 49.4 Å². The van der Waals surface area contributed by atoms with E-state index >= 15 is 0 Å². The zero-order valence-corrected chi connectivity index (χ0v) is 7.23. The van der Waals surface area contributed by atoms with Crippen molar-refractivity contribution < 1.29 is 4.39 Å². The Morgan fingerprint density at radius 1 is 1.27 bits per heavy atom. The summed E-state index contributed by atoms with van der Waals surface area (Å²) in [6.45, 7) is 12.9. The van der Waals surface area contributed by atoms with Crippen LogP contribution in [0.15, 0.2) is 49.4 Å². The Labute approximate surface area is 68.4 Å². The first-order chi connectivity index (χ1) is 5.16. The molecule has 0 radical (unpaired) electrons. The van der Waals surface area contributed by atoms with E-state index in [9.17, 15) is 4.39 Å². The number of allylic oxidation sites excluding steroid dienone is 5. The topological polar surface area (TPSA) is 0 Å². The van der Waals surface area contributed by atoms with Gasteiger partial charge in [-0.15, -0.1) is 13.2 Å². The fourth-order valence-corrected chi connectivity index (χ4v) is 0.318. The molecule has 0 amide bonds. The predicted molar refractivity (Wildman–Crippen MR) is 50.1 cm³/mol. The molecule has 62 valence electrons. The Balaban J connectivity index is 0. The molecular weight excluding hydrogens is 139 g/mol. The second-order valence-corrected chi connectivity index (χ2v) is 1.81. The highest BCUT2D eigenvalue weighted by atomic mass is 19.1. The smallest absolute Gasteiger partial charge is 0.116 e. The summed E-state index contributed by atoms with van der Waals surface area (Å²) in [6, 6.07) is 0. The third-order valence-electron chi connectivity index (χ3n) is 0.982. The summed E-state index contributed by atoms with van der Waals surface area (Å²) in [7, 11) is 0. The van der Waals surface area contributed by atoms with Crippen molar-refractivity contribution in [3.8, 4) is 0 Å². The van der Waals surface area contributed by atoms with Crippen molar-refractivity contribution in [1.82, 2.24) is 0 Å². The summed E-state index contributed by atoms with van der Waals surface area (Å²) in [5, 5.41) is 0. The van der Waals surface area contributed by atoms with Crippen molar-refractivity contribution in [2.75, 3.05) is 0 Å². The molecule has 0 bridgehead atoms. The molecule has 0 nitrogen and oxygen atoms in total. The van der Waals surface area contributed by atoms with Gasteiger partial charge in [0.2, 0.25) is 0 Å². The van der Waals surface area contributed by atoms with Gasteiger partial charge in [0.25, 0.3) is 0 Å². The molecule has 0 aliphatic heterocycles. The van der Waals surface area contributed by atoms with E-state index < -0.39 is 5.83 Å². The first-order valence-corrected chi connectivity index (χ1v) is 3.32. The van der Waals surface area contributed by atoms with Gasteiger partial charge in [-0.05, 0) is 19.9 Å². The second-order valence-electron chi connectivity index (χ2n) is 1.81. The average Bonchev–Trinajstić information content (AvgIpc) is 2.04. The molecule has 0 heterocycles. The molecule has 0 aromatic rings. The molecule has 0 saturated heterocycles. The maximum atomic E-state index is 11.9. The van der Waals surface area contributed by atoms with Gasteiger partial charge in [0.1, 0.15) is 5.83 Å². The van der Waals surface area contributed by atoms with E-state index in [1.54, 1.807) is 6.08 Å². The lowest BCUT2D eigenvalue weighted by atomic mass is 10.2. The van der Waals surface area contributed by atoms with E-state index in [0.29, 0.717) is 0 Å². The molecular formula is C10H15F. The molecule has 0 unspecified atom stereocenters. The van der Waals surface area contributed by atoms with E-state index in [0.717, 1.165) is 5.57 Å².